The maximum atomic E-state index is 6.07. The first-order chi connectivity index (χ1) is 9.54. The van der Waals surface area contributed by atoms with Crippen molar-refractivity contribution < 1.29 is 4.74 Å². The summed E-state index contributed by atoms with van der Waals surface area (Å²) in [6, 6.07) is 8.17. The van der Waals surface area contributed by atoms with E-state index in [1.54, 1.807) is 0 Å². The highest BCUT2D eigenvalue weighted by Crippen LogP contribution is 2.29. The lowest BCUT2D eigenvalue weighted by molar-refractivity contribution is 0.317. The van der Waals surface area contributed by atoms with Crippen LogP contribution in [0.15, 0.2) is 28.7 Å². The van der Waals surface area contributed by atoms with Crippen molar-refractivity contribution in [2.75, 3.05) is 12.3 Å². The van der Waals surface area contributed by atoms with Crippen molar-refractivity contribution >= 4 is 21.7 Å². The fourth-order valence-electron chi connectivity index (χ4n) is 2.04. The average Bonchev–Trinajstić information content (AvgIpc) is 2.72. The Kier molecular flexibility index (Phi) is 4.70. The summed E-state index contributed by atoms with van der Waals surface area (Å²) in [6.45, 7) is 6.85. The van der Waals surface area contributed by atoms with Crippen LogP contribution >= 0.6 is 15.9 Å². The molecule has 0 saturated carbocycles. The van der Waals surface area contributed by atoms with Gasteiger partial charge < -0.3 is 10.5 Å². The lowest BCUT2D eigenvalue weighted by Crippen LogP contribution is -2.11. The highest BCUT2D eigenvalue weighted by Gasteiger charge is 2.16. The standard InChI is InChI=1S/C15H20BrN3O/c1-4-9-20-13-7-5-12(6-8-13)11(3)19-15(17)14(16)10(2)18-19/h5-8,11H,4,9,17H2,1-3H3. The molecule has 0 amide bonds. The van der Waals surface area contributed by atoms with Crippen molar-refractivity contribution in [3.8, 4) is 5.75 Å². The van der Waals surface area contributed by atoms with Crippen LogP contribution in [0.5, 0.6) is 5.75 Å². The predicted molar refractivity (Wildman–Crippen MR) is 85.1 cm³/mol. The second-order valence-corrected chi connectivity index (χ2v) is 5.62. The summed E-state index contributed by atoms with van der Waals surface area (Å²) in [5.41, 5.74) is 8.12. The van der Waals surface area contributed by atoms with E-state index < -0.39 is 0 Å². The Morgan fingerprint density at radius 3 is 2.50 bits per heavy atom. The Bertz CT molecular complexity index is 578. The molecule has 2 N–H and O–H groups in total. The third-order valence-electron chi connectivity index (χ3n) is 3.25. The molecule has 1 aromatic heterocycles. The molecule has 2 aromatic rings. The van der Waals surface area contributed by atoms with Gasteiger partial charge in [0, 0.05) is 0 Å². The molecule has 2 rings (SSSR count). The minimum absolute atomic E-state index is 0.0835. The summed E-state index contributed by atoms with van der Waals surface area (Å²) in [5.74, 6) is 1.55. The molecule has 108 valence electrons. The Hall–Kier alpha value is -1.49. The lowest BCUT2D eigenvalue weighted by atomic mass is 10.1. The van der Waals surface area contributed by atoms with Gasteiger partial charge in [0.2, 0.25) is 0 Å². The second-order valence-electron chi connectivity index (χ2n) is 4.82. The van der Waals surface area contributed by atoms with Gasteiger partial charge in [-0.3, -0.25) is 0 Å². The summed E-state index contributed by atoms with van der Waals surface area (Å²) >= 11 is 3.45. The number of aryl methyl sites for hydroxylation is 1. The number of rotatable bonds is 5. The number of anilines is 1. The maximum Gasteiger partial charge on any atom is 0.137 e. The molecule has 1 heterocycles. The number of nitrogens with zero attached hydrogens (tertiary/aromatic N) is 2. The summed E-state index contributed by atoms with van der Waals surface area (Å²) in [5, 5.41) is 4.47. The van der Waals surface area contributed by atoms with Crippen LogP contribution in [-0.2, 0) is 0 Å². The molecule has 0 aliphatic rings. The van der Waals surface area contributed by atoms with Gasteiger partial charge in [0.05, 0.1) is 22.8 Å². The molecular weight excluding hydrogens is 318 g/mol. The molecule has 0 bridgehead atoms. The molecule has 0 aliphatic carbocycles. The first kappa shape index (κ1) is 14.9. The zero-order valence-electron chi connectivity index (χ0n) is 12.1. The molecule has 1 aromatic carbocycles. The van der Waals surface area contributed by atoms with E-state index in [1.165, 1.54) is 0 Å². The first-order valence-electron chi connectivity index (χ1n) is 6.77. The SMILES string of the molecule is CCCOc1ccc(C(C)n2nc(C)c(Br)c2N)cc1. The summed E-state index contributed by atoms with van der Waals surface area (Å²) in [7, 11) is 0. The van der Waals surface area contributed by atoms with Crippen molar-refractivity contribution in [2.24, 2.45) is 0 Å². The fraction of sp³-hybridized carbons (Fsp3) is 0.400. The van der Waals surface area contributed by atoms with E-state index in [0.717, 1.165) is 34.5 Å². The smallest absolute Gasteiger partial charge is 0.137 e. The molecule has 20 heavy (non-hydrogen) atoms. The van der Waals surface area contributed by atoms with Gasteiger partial charge in [-0.2, -0.15) is 5.10 Å². The molecule has 0 radical (unpaired) electrons. The Morgan fingerprint density at radius 2 is 2.00 bits per heavy atom. The molecule has 0 aliphatic heterocycles. The van der Waals surface area contributed by atoms with E-state index in [0.29, 0.717) is 5.82 Å². The van der Waals surface area contributed by atoms with E-state index >= 15 is 0 Å². The molecule has 0 spiro atoms. The van der Waals surface area contributed by atoms with Crippen molar-refractivity contribution in [3.05, 3.63) is 40.0 Å². The zero-order chi connectivity index (χ0) is 14.7. The van der Waals surface area contributed by atoms with Crippen LogP contribution in [0.3, 0.4) is 0 Å². The number of nitrogens with two attached hydrogens (primary N) is 1. The van der Waals surface area contributed by atoms with Gasteiger partial charge in [-0.05, 0) is 53.9 Å². The monoisotopic (exact) mass is 337 g/mol. The molecule has 1 unspecified atom stereocenters. The van der Waals surface area contributed by atoms with Crippen LogP contribution in [0.4, 0.5) is 5.82 Å². The Morgan fingerprint density at radius 1 is 1.35 bits per heavy atom. The molecule has 1 atom stereocenters. The maximum absolute atomic E-state index is 6.07. The van der Waals surface area contributed by atoms with Gasteiger partial charge in [0.25, 0.3) is 0 Å². The Labute approximate surface area is 128 Å². The second kappa shape index (κ2) is 6.31. The van der Waals surface area contributed by atoms with Gasteiger partial charge in [0.15, 0.2) is 0 Å². The topological polar surface area (TPSA) is 53.1 Å². The normalized spacial score (nSPS) is 12.4. The lowest BCUT2D eigenvalue weighted by Gasteiger charge is -2.15. The van der Waals surface area contributed by atoms with Crippen LogP contribution in [0.2, 0.25) is 0 Å². The third kappa shape index (κ3) is 2.98. The number of hydrogen-bond donors (Lipinski definition) is 1. The van der Waals surface area contributed by atoms with E-state index in [4.69, 9.17) is 10.5 Å². The number of aromatic nitrogens is 2. The fourth-order valence-corrected chi connectivity index (χ4v) is 2.31. The van der Waals surface area contributed by atoms with Crippen molar-refractivity contribution in [3.63, 3.8) is 0 Å². The molecule has 0 saturated heterocycles. The van der Waals surface area contributed by atoms with Gasteiger partial charge in [-0.1, -0.05) is 19.1 Å². The van der Waals surface area contributed by atoms with Gasteiger partial charge in [0.1, 0.15) is 11.6 Å². The van der Waals surface area contributed by atoms with Crippen LogP contribution in [0, 0.1) is 6.92 Å². The largest absolute Gasteiger partial charge is 0.494 e. The van der Waals surface area contributed by atoms with Gasteiger partial charge in [-0.15, -0.1) is 0 Å². The average molecular weight is 338 g/mol. The van der Waals surface area contributed by atoms with Crippen molar-refractivity contribution in [1.29, 1.82) is 0 Å². The van der Waals surface area contributed by atoms with E-state index in [2.05, 4.69) is 47.0 Å². The number of halogens is 1. The van der Waals surface area contributed by atoms with E-state index in [-0.39, 0.29) is 6.04 Å². The summed E-state index contributed by atoms with van der Waals surface area (Å²) in [4.78, 5) is 0. The van der Waals surface area contributed by atoms with E-state index in [9.17, 15) is 0 Å². The van der Waals surface area contributed by atoms with Gasteiger partial charge in [-0.25, -0.2) is 4.68 Å². The van der Waals surface area contributed by atoms with Crippen LogP contribution < -0.4 is 10.5 Å². The van der Waals surface area contributed by atoms with Crippen LogP contribution in [-0.4, -0.2) is 16.4 Å². The molecule has 0 fully saturated rings. The summed E-state index contributed by atoms with van der Waals surface area (Å²) in [6.07, 6.45) is 1.01. The molecular formula is C15H20BrN3O. The highest BCUT2D eigenvalue weighted by molar-refractivity contribution is 9.10. The molecule has 5 heteroatoms. The number of nitrogen functional groups attached to an aromatic ring is 1. The van der Waals surface area contributed by atoms with E-state index in [1.807, 2.05) is 23.7 Å². The zero-order valence-corrected chi connectivity index (χ0v) is 13.6. The first-order valence-corrected chi connectivity index (χ1v) is 7.56. The Balaban J connectivity index is 2.20. The molecule has 4 nitrogen and oxygen atoms in total. The highest BCUT2D eigenvalue weighted by atomic mass is 79.9. The minimum atomic E-state index is 0.0835. The van der Waals surface area contributed by atoms with Crippen LogP contribution in [0.1, 0.15) is 37.6 Å². The third-order valence-corrected chi connectivity index (χ3v) is 4.23. The number of ether oxygens (including phenoxy) is 1. The van der Waals surface area contributed by atoms with Crippen molar-refractivity contribution in [2.45, 2.75) is 33.2 Å². The minimum Gasteiger partial charge on any atom is -0.494 e. The van der Waals surface area contributed by atoms with Crippen LogP contribution in [0.25, 0.3) is 0 Å². The van der Waals surface area contributed by atoms with Gasteiger partial charge >= 0.3 is 0 Å². The number of hydrogen-bond acceptors (Lipinski definition) is 3. The predicted octanol–water partition coefficient (Wildman–Crippen LogP) is 3.93. The summed E-state index contributed by atoms with van der Waals surface area (Å²) < 4.78 is 8.29. The van der Waals surface area contributed by atoms with Crippen molar-refractivity contribution in [1.82, 2.24) is 9.78 Å². The number of benzene rings is 1. The quantitative estimate of drug-likeness (QED) is 0.899.